The number of allylic oxidation sites excluding steroid dienone is 1. The molecule has 134 valence electrons. The van der Waals surface area contributed by atoms with Crippen LogP contribution in [0.4, 0.5) is 5.69 Å². The van der Waals surface area contributed by atoms with Gasteiger partial charge in [-0.15, -0.1) is 0 Å². The SMILES string of the molecule is COc1ccc(N2C(=O)CCC3C2C=C(c2ccccc2)C3(C)C)cc1. The summed E-state index contributed by atoms with van der Waals surface area (Å²) >= 11 is 0. The molecule has 0 spiro atoms. The third-order valence-corrected chi connectivity index (χ3v) is 6.04. The lowest BCUT2D eigenvalue weighted by molar-refractivity contribution is -0.121. The van der Waals surface area contributed by atoms with E-state index in [2.05, 4.69) is 44.2 Å². The summed E-state index contributed by atoms with van der Waals surface area (Å²) in [6, 6.07) is 18.5. The normalized spacial score (nSPS) is 24.2. The number of methoxy groups -OCH3 is 1. The average molecular weight is 347 g/mol. The molecular formula is C23H25NO2. The van der Waals surface area contributed by atoms with E-state index in [0.717, 1.165) is 17.9 Å². The number of rotatable bonds is 3. The first-order valence-corrected chi connectivity index (χ1v) is 9.26. The van der Waals surface area contributed by atoms with Gasteiger partial charge < -0.3 is 9.64 Å². The van der Waals surface area contributed by atoms with E-state index in [4.69, 9.17) is 4.74 Å². The van der Waals surface area contributed by atoms with E-state index in [-0.39, 0.29) is 17.4 Å². The second kappa shape index (κ2) is 6.31. The van der Waals surface area contributed by atoms with E-state index in [0.29, 0.717) is 12.3 Å². The van der Waals surface area contributed by atoms with Gasteiger partial charge in [-0.05, 0) is 53.2 Å². The van der Waals surface area contributed by atoms with Crippen molar-refractivity contribution in [3.8, 4) is 5.75 Å². The Balaban J connectivity index is 1.76. The third-order valence-electron chi connectivity index (χ3n) is 6.04. The molecule has 3 heteroatoms. The summed E-state index contributed by atoms with van der Waals surface area (Å²) in [5.41, 5.74) is 3.60. The number of carbonyl (C=O) groups excluding carboxylic acids is 1. The largest absolute Gasteiger partial charge is 0.497 e. The van der Waals surface area contributed by atoms with E-state index in [9.17, 15) is 4.79 Å². The Labute approximate surface area is 155 Å². The number of hydrogen-bond donors (Lipinski definition) is 0. The van der Waals surface area contributed by atoms with Crippen LogP contribution in [0.5, 0.6) is 5.75 Å². The van der Waals surface area contributed by atoms with Gasteiger partial charge in [-0.2, -0.15) is 0 Å². The molecule has 0 bridgehead atoms. The van der Waals surface area contributed by atoms with Crippen LogP contribution in [0.3, 0.4) is 0 Å². The van der Waals surface area contributed by atoms with Gasteiger partial charge in [-0.1, -0.05) is 50.3 Å². The van der Waals surface area contributed by atoms with E-state index >= 15 is 0 Å². The molecule has 1 fully saturated rings. The fraction of sp³-hybridized carbons (Fsp3) is 0.348. The highest BCUT2D eigenvalue weighted by atomic mass is 16.5. The van der Waals surface area contributed by atoms with Gasteiger partial charge in [0.1, 0.15) is 5.75 Å². The lowest BCUT2D eigenvalue weighted by Crippen LogP contribution is -2.49. The number of nitrogens with zero attached hydrogens (tertiary/aromatic N) is 1. The number of amides is 1. The summed E-state index contributed by atoms with van der Waals surface area (Å²) in [6.07, 6.45) is 3.86. The van der Waals surface area contributed by atoms with Crippen LogP contribution >= 0.6 is 0 Å². The molecular weight excluding hydrogens is 322 g/mol. The van der Waals surface area contributed by atoms with Crippen LogP contribution < -0.4 is 9.64 Å². The molecule has 0 radical (unpaired) electrons. The van der Waals surface area contributed by atoms with Gasteiger partial charge in [-0.25, -0.2) is 0 Å². The van der Waals surface area contributed by atoms with Crippen LogP contribution in [0.2, 0.25) is 0 Å². The minimum atomic E-state index is 0.0391. The fourth-order valence-corrected chi connectivity index (χ4v) is 4.63. The zero-order chi connectivity index (χ0) is 18.3. The Morgan fingerprint density at radius 2 is 1.73 bits per heavy atom. The predicted octanol–water partition coefficient (Wildman–Crippen LogP) is 4.93. The molecule has 2 unspecified atom stereocenters. The highest BCUT2D eigenvalue weighted by Crippen LogP contribution is 2.53. The van der Waals surface area contributed by atoms with Crippen molar-refractivity contribution < 1.29 is 9.53 Å². The fourth-order valence-electron chi connectivity index (χ4n) is 4.63. The number of benzene rings is 2. The van der Waals surface area contributed by atoms with Gasteiger partial charge in [0.05, 0.1) is 13.2 Å². The number of anilines is 1. The number of carbonyl (C=O) groups is 1. The summed E-state index contributed by atoms with van der Waals surface area (Å²) in [4.78, 5) is 14.8. The van der Waals surface area contributed by atoms with Gasteiger partial charge in [0.25, 0.3) is 0 Å². The van der Waals surface area contributed by atoms with Gasteiger partial charge in [0, 0.05) is 12.1 Å². The molecule has 2 aromatic carbocycles. The van der Waals surface area contributed by atoms with Crippen molar-refractivity contribution in [1.29, 1.82) is 0 Å². The van der Waals surface area contributed by atoms with E-state index in [1.54, 1.807) is 7.11 Å². The first-order chi connectivity index (χ1) is 12.5. The quantitative estimate of drug-likeness (QED) is 0.788. The molecule has 3 nitrogen and oxygen atoms in total. The molecule has 2 aliphatic rings. The van der Waals surface area contributed by atoms with Crippen molar-refractivity contribution in [2.75, 3.05) is 12.0 Å². The number of fused-ring (bicyclic) bond motifs is 1. The molecule has 1 amide bonds. The van der Waals surface area contributed by atoms with Crippen molar-refractivity contribution in [2.24, 2.45) is 11.3 Å². The Morgan fingerprint density at radius 3 is 2.38 bits per heavy atom. The molecule has 1 aliphatic heterocycles. The first kappa shape index (κ1) is 16.9. The Bertz CT molecular complexity index is 836. The van der Waals surface area contributed by atoms with Crippen LogP contribution in [0.1, 0.15) is 32.3 Å². The predicted molar refractivity (Wildman–Crippen MR) is 105 cm³/mol. The van der Waals surface area contributed by atoms with Crippen molar-refractivity contribution in [3.05, 3.63) is 66.2 Å². The first-order valence-electron chi connectivity index (χ1n) is 9.26. The summed E-state index contributed by atoms with van der Waals surface area (Å²) in [7, 11) is 1.66. The summed E-state index contributed by atoms with van der Waals surface area (Å²) in [5, 5.41) is 0. The molecule has 2 aromatic rings. The molecule has 2 atom stereocenters. The zero-order valence-electron chi connectivity index (χ0n) is 15.6. The maximum absolute atomic E-state index is 12.8. The van der Waals surface area contributed by atoms with Gasteiger partial charge >= 0.3 is 0 Å². The lowest BCUT2D eigenvalue weighted by atomic mass is 9.71. The van der Waals surface area contributed by atoms with Crippen molar-refractivity contribution in [2.45, 2.75) is 32.7 Å². The lowest BCUT2D eigenvalue weighted by Gasteiger charge is -2.42. The Morgan fingerprint density at radius 1 is 1.04 bits per heavy atom. The topological polar surface area (TPSA) is 29.5 Å². The van der Waals surface area contributed by atoms with E-state index in [1.807, 2.05) is 35.2 Å². The van der Waals surface area contributed by atoms with Gasteiger partial charge in [0.2, 0.25) is 5.91 Å². The van der Waals surface area contributed by atoms with Crippen molar-refractivity contribution in [3.63, 3.8) is 0 Å². The third kappa shape index (κ3) is 2.63. The number of hydrogen-bond acceptors (Lipinski definition) is 2. The van der Waals surface area contributed by atoms with Crippen LogP contribution in [-0.2, 0) is 4.79 Å². The molecule has 4 rings (SSSR count). The minimum Gasteiger partial charge on any atom is -0.497 e. The van der Waals surface area contributed by atoms with Crippen LogP contribution in [0.15, 0.2) is 60.7 Å². The molecule has 0 aromatic heterocycles. The Hall–Kier alpha value is -2.55. The molecule has 1 aliphatic carbocycles. The summed E-state index contributed by atoms with van der Waals surface area (Å²) in [5.74, 6) is 1.44. The van der Waals surface area contributed by atoms with Crippen LogP contribution in [0.25, 0.3) is 5.57 Å². The second-order valence-corrected chi connectivity index (χ2v) is 7.77. The monoisotopic (exact) mass is 347 g/mol. The maximum atomic E-state index is 12.8. The smallest absolute Gasteiger partial charge is 0.227 e. The molecule has 0 N–H and O–H groups in total. The zero-order valence-corrected chi connectivity index (χ0v) is 15.6. The molecule has 1 heterocycles. The number of piperidine rings is 1. The van der Waals surface area contributed by atoms with E-state index < -0.39 is 0 Å². The van der Waals surface area contributed by atoms with Gasteiger partial charge in [-0.3, -0.25) is 4.79 Å². The molecule has 1 saturated heterocycles. The van der Waals surface area contributed by atoms with Crippen molar-refractivity contribution in [1.82, 2.24) is 0 Å². The second-order valence-electron chi connectivity index (χ2n) is 7.77. The highest BCUT2D eigenvalue weighted by molar-refractivity contribution is 5.96. The molecule has 26 heavy (non-hydrogen) atoms. The highest BCUT2D eigenvalue weighted by Gasteiger charge is 2.49. The van der Waals surface area contributed by atoms with Crippen LogP contribution in [-0.4, -0.2) is 19.1 Å². The van der Waals surface area contributed by atoms with Gasteiger partial charge in [0.15, 0.2) is 0 Å². The van der Waals surface area contributed by atoms with Crippen molar-refractivity contribution >= 4 is 17.2 Å². The number of ether oxygens (including phenoxy) is 1. The molecule has 0 saturated carbocycles. The summed E-state index contributed by atoms with van der Waals surface area (Å²) < 4.78 is 5.26. The maximum Gasteiger partial charge on any atom is 0.227 e. The Kier molecular flexibility index (Phi) is 4.10. The average Bonchev–Trinajstić information content (AvgIpc) is 2.93. The minimum absolute atomic E-state index is 0.0391. The summed E-state index contributed by atoms with van der Waals surface area (Å²) in [6.45, 7) is 4.64. The van der Waals surface area contributed by atoms with Crippen LogP contribution in [0, 0.1) is 11.3 Å². The van der Waals surface area contributed by atoms with E-state index in [1.165, 1.54) is 11.1 Å². The standard InChI is InChI=1S/C23H25NO2/c1-23(2)19-13-14-22(25)24(17-9-11-18(26-3)12-10-17)21(19)15-20(23)16-7-5-4-6-8-16/h4-12,15,19,21H,13-14H2,1-3H3.